The number of thioether (sulfide) groups is 1. The molecule has 2 unspecified atom stereocenters. The molecule has 1 aromatic rings. The van der Waals surface area contributed by atoms with Gasteiger partial charge in [0.25, 0.3) is 0 Å². The summed E-state index contributed by atoms with van der Waals surface area (Å²) in [4.78, 5) is 0.971. The van der Waals surface area contributed by atoms with E-state index in [4.69, 9.17) is 5.73 Å². The number of benzene rings is 1. The molecule has 0 aromatic heterocycles. The molecule has 0 saturated heterocycles. The van der Waals surface area contributed by atoms with Crippen LogP contribution in [0.3, 0.4) is 0 Å². The van der Waals surface area contributed by atoms with Crippen molar-refractivity contribution in [3.63, 3.8) is 0 Å². The van der Waals surface area contributed by atoms with E-state index in [2.05, 4.69) is 13.8 Å². The fraction of sp³-hybridized carbons (Fsp3) is 0.538. The van der Waals surface area contributed by atoms with E-state index in [1.807, 2.05) is 6.07 Å². The van der Waals surface area contributed by atoms with Gasteiger partial charge in [0.1, 0.15) is 5.82 Å². The highest BCUT2D eigenvalue weighted by Gasteiger charge is 2.16. The molecule has 2 N–H and O–H groups in total. The first-order valence-electron chi connectivity index (χ1n) is 5.85. The second-order valence-electron chi connectivity index (χ2n) is 3.97. The van der Waals surface area contributed by atoms with E-state index in [-0.39, 0.29) is 11.9 Å². The Morgan fingerprint density at radius 2 is 2.12 bits per heavy atom. The predicted molar refractivity (Wildman–Crippen MR) is 69.2 cm³/mol. The van der Waals surface area contributed by atoms with Crippen LogP contribution >= 0.6 is 11.8 Å². The van der Waals surface area contributed by atoms with Crippen molar-refractivity contribution >= 4 is 11.8 Å². The van der Waals surface area contributed by atoms with Crippen molar-refractivity contribution in [2.24, 2.45) is 5.73 Å². The van der Waals surface area contributed by atoms with Gasteiger partial charge in [-0.25, -0.2) is 4.39 Å². The third-order valence-corrected chi connectivity index (χ3v) is 4.10. The van der Waals surface area contributed by atoms with Crippen LogP contribution in [0.15, 0.2) is 29.2 Å². The Morgan fingerprint density at radius 3 is 2.69 bits per heavy atom. The van der Waals surface area contributed by atoms with Gasteiger partial charge in [-0.05, 0) is 31.0 Å². The van der Waals surface area contributed by atoms with E-state index < -0.39 is 0 Å². The summed E-state index contributed by atoms with van der Waals surface area (Å²) in [6.45, 7) is 4.27. The van der Waals surface area contributed by atoms with Crippen molar-refractivity contribution in [2.45, 2.75) is 49.3 Å². The third-order valence-electron chi connectivity index (χ3n) is 2.59. The van der Waals surface area contributed by atoms with Gasteiger partial charge in [-0.1, -0.05) is 26.3 Å². The topological polar surface area (TPSA) is 26.0 Å². The molecule has 0 aliphatic heterocycles. The van der Waals surface area contributed by atoms with E-state index >= 15 is 0 Å². The van der Waals surface area contributed by atoms with Gasteiger partial charge in [0.15, 0.2) is 0 Å². The molecular formula is C13H20FNS. The molecule has 0 spiro atoms. The molecule has 0 saturated carbocycles. The lowest BCUT2D eigenvalue weighted by atomic mass is 10.1. The number of hydrogen-bond acceptors (Lipinski definition) is 2. The highest BCUT2D eigenvalue weighted by molar-refractivity contribution is 8.00. The van der Waals surface area contributed by atoms with Gasteiger partial charge in [-0.2, -0.15) is 0 Å². The summed E-state index contributed by atoms with van der Waals surface area (Å²) in [5.74, 6) is -0.177. The van der Waals surface area contributed by atoms with Gasteiger partial charge in [0.05, 0.1) is 0 Å². The first-order chi connectivity index (χ1) is 7.67. The Hall–Kier alpha value is -0.540. The molecule has 1 nitrogen and oxygen atoms in total. The average molecular weight is 241 g/mol. The Morgan fingerprint density at radius 1 is 1.38 bits per heavy atom. The molecule has 1 rings (SSSR count). The van der Waals surface area contributed by atoms with Crippen LogP contribution in [0.5, 0.6) is 0 Å². The summed E-state index contributed by atoms with van der Waals surface area (Å²) in [5, 5.41) is 0.377. The predicted octanol–water partition coefficient (Wildman–Crippen LogP) is 3.82. The number of nitrogens with two attached hydrogens (primary N) is 1. The fourth-order valence-corrected chi connectivity index (χ4v) is 2.87. The Labute approximate surface area is 102 Å². The maximum atomic E-state index is 13.0. The van der Waals surface area contributed by atoms with Crippen LogP contribution < -0.4 is 5.73 Å². The van der Waals surface area contributed by atoms with E-state index in [1.54, 1.807) is 23.9 Å². The van der Waals surface area contributed by atoms with Crippen molar-refractivity contribution in [1.82, 2.24) is 0 Å². The Balaban J connectivity index is 2.62. The van der Waals surface area contributed by atoms with Gasteiger partial charge < -0.3 is 5.73 Å². The maximum absolute atomic E-state index is 13.0. The second-order valence-corrected chi connectivity index (χ2v) is 5.29. The minimum atomic E-state index is -0.177. The number of rotatable bonds is 6. The second kappa shape index (κ2) is 6.92. The zero-order chi connectivity index (χ0) is 12.0. The lowest BCUT2D eigenvalue weighted by Crippen LogP contribution is -2.31. The van der Waals surface area contributed by atoms with Gasteiger partial charge in [-0.3, -0.25) is 0 Å². The molecule has 0 amide bonds. The largest absolute Gasteiger partial charge is 0.327 e. The minimum Gasteiger partial charge on any atom is -0.327 e. The van der Waals surface area contributed by atoms with Crippen molar-refractivity contribution in [3.8, 4) is 0 Å². The van der Waals surface area contributed by atoms with E-state index in [1.165, 1.54) is 6.07 Å². The van der Waals surface area contributed by atoms with Crippen LogP contribution in [0, 0.1) is 5.82 Å². The van der Waals surface area contributed by atoms with E-state index in [9.17, 15) is 4.39 Å². The zero-order valence-corrected chi connectivity index (χ0v) is 10.8. The fourth-order valence-electron chi connectivity index (χ4n) is 1.71. The SMILES string of the molecule is CCCC(N)C(CC)Sc1cccc(F)c1. The van der Waals surface area contributed by atoms with E-state index in [0.717, 1.165) is 24.2 Å². The summed E-state index contributed by atoms with van der Waals surface area (Å²) >= 11 is 1.69. The molecule has 90 valence electrons. The monoisotopic (exact) mass is 241 g/mol. The normalized spacial score (nSPS) is 14.8. The smallest absolute Gasteiger partial charge is 0.124 e. The molecule has 3 heteroatoms. The molecule has 0 heterocycles. The summed E-state index contributed by atoms with van der Waals surface area (Å²) in [5.41, 5.74) is 6.11. The summed E-state index contributed by atoms with van der Waals surface area (Å²) in [6, 6.07) is 6.93. The third kappa shape index (κ3) is 4.14. The quantitative estimate of drug-likeness (QED) is 0.766. The van der Waals surface area contributed by atoms with Crippen molar-refractivity contribution in [2.75, 3.05) is 0 Å². The first kappa shape index (κ1) is 13.5. The van der Waals surface area contributed by atoms with Gasteiger partial charge in [-0.15, -0.1) is 11.8 Å². The minimum absolute atomic E-state index is 0.177. The summed E-state index contributed by atoms with van der Waals surface area (Å²) in [6.07, 6.45) is 3.14. The Bertz CT molecular complexity index is 317. The van der Waals surface area contributed by atoms with Gasteiger partial charge in [0, 0.05) is 16.2 Å². The molecule has 0 fully saturated rings. The van der Waals surface area contributed by atoms with Crippen molar-refractivity contribution in [3.05, 3.63) is 30.1 Å². The standard InChI is InChI=1S/C13H20FNS/c1-3-6-12(15)13(4-2)16-11-8-5-7-10(14)9-11/h5,7-9,12-13H,3-4,6,15H2,1-2H3. The van der Waals surface area contributed by atoms with Crippen LogP contribution in [0.2, 0.25) is 0 Å². The van der Waals surface area contributed by atoms with Gasteiger partial charge >= 0.3 is 0 Å². The van der Waals surface area contributed by atoms with Crippen LogP contribution in [0.25, 0.3) is 0 Å². The average Bonchev–Trinajstić information content (AvgIpc) is 2.26. The first-order valence-corrected chi connectivity index (χ1v) is 6.73. The highest BCUT2D eigenvalue weighted by Crippen LogP contribution is 2.28. The van der Waals surface area contributed by atoms with Crippen molar-refractivity contribution in [1.29, 1.82) is 0 Å². The van der Waals surface area contributed by atoms with Crippen LogP contribution in [0.4, 0.5) is 4.39 Å². The number of hydrogen-bond donors (Lipinski definition) is 1. The van der Waals surface area contributed by atoms with E-state index in [0.29, 0.717) is 5.25 Å². The molecule has 2 atom stereocenters. The molecule has 0 aliphatic rings. The number of halogens is 1. The van der Waals surface area contributed by atoms with Crippen LogP contribution in [-0.4, -0.2) is 11.3 Å². The molecule has 1 aromatic carbocycles. The molecule has 16 heavy (non-hydrogen) atoms. The molecule has 0 bridgehead atoms. The summed E-state index contributed by atoms with van der Waals surface area (Å²) in [7, 11) is 0. The summed E-state index contributed by atoms with van der Waals surface area (Å²) < 4.78 is 13.0. The van der Waals surface area contributed by atoms with Crippen LogP contribution in [0.1, 0.15) is 33.1 Å². The maximum Gasteiger partial charge on any atom is 0.124 e. The molecule has 0 radical (unpaired) electrons. The molecular weight excluding hydrogens is 221 g/mol. The zero-order valence-electron chi connectivity index (χ0n) is 9.95. The van der Waals surface area contributed by atoms with Crippen molar-refractivity contribution < 1.29 is 4.39 Å². The van der Waals surface area contributed by atoms with Gasteiger partial charge in [0.2, 0.25) is 0 Å². The lowest BCUT2D eigenvalue weighted by molar-refractivity contribution is 0.566. The highest BCUT2D eigenvalue weighted by atomic mass is 32.2. The Kier molecular flexibility index (Phi) is 5.85. The molecule has 0 aliphatic carbocycles. The van der Waals surface area contributed by atoms with Crippen LogP contribution in [-0.2, 0) is 0 Å². The lowest BCUT2D eigenvalue weighted by Gasteiger charge is -2.21.